The van der Waals surface area contributed by atoms with Crippen LogP contribution in [0.25, 0.3) is 0 Å². The Bertz CT molecular complexity index is 1350. The second kappa shape index (κ2) is 36.9. The fourth-order valence-electron chi connectivity index (χ4n) is 6.01. The minimum atomic E-state index is -5.04. The molecule has 1 aliphatic carbocycles. The Hall–Kier alpha value is -2.74. The predicted octanol–water partition coefficient (Wildman–Crippen LogP) is 8.75. The van der Waals surface area contributed by atoms with Crippen molar-refractivity contribution in [2.45, 2.75) is 172 Å². The molecule has 0 heterocycles. The molecule has 0 aromatic heterocycles. The highest BCUT2D eigenvalue weighted by Gasteiger charge is 2.51. The average Bonchev–Trinajstić information content (AvgIpc) is 3.23. The van der Waals surface area contributed by atoms with Crippen LogP contribution in [0.4, 0.5) is 0 Å². The summed E-state index contributed by atoms with van der Waals surface area (Å²) in [5.41, 5.74) is 0. The molecule has 6 atom stereocenters. The third-order valence-electron chi connectivity index (χ3n) is 9.47. The van der Waals surface area contributed by atoms with E-state index in [9.17, 15) is 39.8 Å². The topological polar surface area (TPSA) is 192 Å². The van der Waals surface area contributed by atoms with Gasteiger partial charge in [0.15, 0.2) is 0 Å². The van der Waals surface area contributed by atoms with Crippen molar-refractivity contribution in [1.29, 1.82) is 0 Å². The average molecular weight is 865 g/mol. The molecule has 0 aliphatic heterocycles. The Morgan fingerprint density at radius 1 is 0.533 bits per heavy atom. The Kier molecular flexibility index (Phi) is 34.0. The molecule has 1 saturated carbocycles. The molecule has 12 nitrogen and oxygen atoms in total. The zero-order chi connectivity index (χ0) is 44.1. The summed E-state index contributed by atoms with van der Waals surface area (Å²) in [4.78, 5) is 23.1. The molecular weight excluding hydrogens is 787 g/mol. The van der Waals surface area contributed by atoms with Crippen molar-refractivity contribution in [3.63, 3.8) is 0 Å². The number of hydrogen-bond acceptors (Lipinski definition) is 11. The number of ether oxygens (including phenoxy) is 2. The van der Waals surface area contributed by atoms with Crippen molar-refractivity contribution < 1.29 is 58.3 Å². The number of aliphatic hydroxyl groups excluding tert-OH is 5. The van der Waals surface area contributed by atoms with Gasteiger partial charge >= 0.3 is 13.8 Å². The maximum absolute atomic E-state index is 12.8. The summed E-state index contributed by atoms with van der Waals surface area (Å²) in [7, 11) is -5.04. The molecule has 1 aliphatic rings. The van der Waals surface area contributed by atoms with Gasteiger partial charge in [-0.05, 0) is 77.0 Å². The van der Waals surface area contributed by atoms with Gasteiger partial charge in [-0.25, -0.2) is 4.57 Å². The van der Waals surface area contributed by atoms with Crippen LogP contribution >= 0.6 is 7.82 Å². The molecule has 13 heteroatoms. The minimum Gasteiger partial charge on any atom is -0.457 e. The van der Waals surface area contributed by atoms with Crippen LogP contribution in [0.5, 0.6) is 0 Å². The minimum absolute atomic E-state index is 0.0556. The maximum Gasteiger partial charge on any atom is 0.472 e. The normalized spacial score (nSPS) is 23.3. The molecule has 1 fully saturated rings. The number of esters is 1. The van der Waals surface area contributed by atoms with Crippen LogP contribution in [-0.2, 0) is 27.9 Å². The first kappa shape index (κ1) is 55.3. The largest absolute Gasteiger partial charge is 0.472 e. The van der Waals surface area contributed by atoms with Crippen molar-refractivity contribution in [1.82, 2.24) is 0 Å². The zero-order valence-electron chi connectivity index (χ0n) is 36.2. The highest BCUT2D eigenvalue weighted by molar-refractivity contribution is 7.47. The summed E-state index contributed by atoms with van der Waals surface area (Å²) >= 11 is 0. The van der Waals surface area contributed by atoms with Gasteiger partial charge in [-0.3, -0.25) is 13.8 Å². The molecule has 0 saturated heterocycles. The van der Waals surface area contributed by atoms with Gasteiger partial charge < -0.3 is 39.9 Å². The van der Waals surface area contributed by atoms with Crippen molar-refractivity contribution in [3.05, 3.63) is 97.2 Å². The molecule has 1 rings (SSSR count). The van der Waals surface area contributed by atoms with Gasteiger partial charge in [-0.15, -0.1) is 0 Å². The van der Waals surface area contributed by atoms with E-state index in [4.69, 9.17) is 18.5 Å². The van der Waals surface area contributed by atoms with Crippen LogP contribution < -0.4 is 0 Å². The molecule has 6 unspecified atom stereocenters. The molecule has 6 N–H and O–H groups in total. The molecular formula is C47H77O12P. The Morgan fingerprint density at radius 2 is 0.933 bits per heavy atom. The van der Waals surface area contributed by atoms with Gasteiger partial charge in [-0.1, -0.05) is 143 Å². The summed E-state index contributed by atoms with van der Waals surface area (Å²) < 4.78 is 34.0. The van der Waals surface area contributed by atoms with Crippen molar-refractivity contribution in [2.75, 3.05) is 19.8 Å². The zero-order valence-corrected chi connectivity index (χ0v) is 37.1. The van der Waals surface area contributed by atoms with E-state index in [2.05, 4.69) is 92.8 Å². The Labute approximate surface area is 360 Å². The summed E-state index contributed by atoms with van der Waals surface area (Å²) in [6.07, 6.45) is 37.8. The first-order valence-corrected chi connectivity index (χ1v) is 23.6. The highest BCUT2D eigenvalue weighted by atomic mass is 31.2. The molecule has 0 amide bonds. The van der Waals surface area contributed by atoms with Crippen LogP contribution in [0, 0.1) is 0 Å². The van der Waals surface area contributed by atoms with Gasteiger partial charge in [-0.2, -0.15) is 0 Å². The number of phosphoric ester groups is 1. The number of aliphatic hydroxyl groups is 5. The van der Waals surface area contributed by atoms with Crippen LogP contribution in [-0.4, -0.2) is 98.9 Å². The first-order valence-electron chi connectivity index (χ1n) is 22.1. The summed E-state index contributed by atoms with van der Waals surface area (Å²) in [6.45, 7) is 3.89. The second-order valence-corrected chi connectivity index (χ2v) is 16.2. The Balaban J connectivity index is 2.45. The lowest BCUT2D eigenvalue weighted by Gasteiger charge is -2.41. The Morgan fingerprint density at radius 3 is 1.42 bits per heavy atom. The maximum atomic E-state index is 12.8. The SMILES string of the molecule is CC/C=C\C/C=C\C/C=C\C/C=C\CCCCCCCCCOCC(COP(=O)(O)OC1C(O)C(O)C(O)C(O)C1O)OC(=O)CC/C=C\C/C=C\C/C=C\C/C=C\CC. The van der Waals surface area contributed by atoms with Crippen LogP contribution in [0.15, 0.2) is 97.2 Å². The number of carbonyl (C=O) groups excluding carboxylic acids is 1. The molecule has 0 bridgehead atoms. The summed E-state index contributed by atoms with van der Waals surface area (Å²) in [6, 6.07) is 0. The lowest BCUT2D eigenvalue weighted by Crippen LogP contribution is -2.64. The highest BCUT2D eigenvalue weighted by Crippen LogP contribution is 2.47. The number of carbonyl (C=O) groups is 1. The van der Waals surface area contributed by atoms with Gasteiger partial charge in [0.25, 0.3) is 0 Å². The third-order valence-corrected chi connectivity index (χ3v) is 10.5. The second-order valence-electron chi connectivity index (χ2n) is 14.8. The van der Waals surface area contributed by atoms with Gasteiger partial charge in [0.05, 0.1) is 13.2 Å². The van der Waals surface area contributed by atoms with E-state index in [0.717, 1.165) is 83.5 Å². The molecule has 0 aromatic carbocycles. The van der Waals surface area contributed by atoms with E-state index < -0.39 is 63.1 Å². The van der Waals surface area contributed by atoms with Crippen molar-refractivity contribution in [3.8, 4) is 0 Å². The molecule has 0 spiro atoms. The molecule has 0 aromatic rings. The summed E-state index contributed by atoms with van der Waals surface area (Å²) in [5.74, 6) is -0.566. The fraction of sp³-hybridized carbons (Fsp3) is 0.638. The van der Waals surface area contributed by atoms with Gasteiger partial charge in [0.1, 0.15) is 42.7 Å². The summed E-state index contributed by atoms with van der Waals surface area (Å²) in [5, 5.41) is 50.1. The predicted molar refractivity (Wildman–Crippen MR) is 239 cm³/mol. The smallest absolute Gasteiger partial charge is 0.457 e. The van der Waals surface area contributed by atoms with Crippen molar-refractivity contribution >= 4 is 13.8 Å². The monoisotopic (exact) mass is 865 g/mol. The van der Waals surface area contributed by atoms with E-state index in [1.807, 2.05) is 18.2 Å². The lowest BCUT2D eigenvalue weighted by molar-refractivity contribution is -0.220. The molecule has 60 heavy (non-hydrogen) atoms. The van der Waals surface area contributed by atoms with Crippen LogP contribution in [0.3, 0.4) is 0 Å². The van der Waals surface area contributed by atoms with Crippen molar-refractivity contribution in [2.24, 2.45) is 0 Å². The van der Waals surface area contributed by atoms with E-state index in [1.54, 1.807) is 0 Å². The van der Waals surface area contributed by atoms with Crippen LogP contribution in [0.2, 0.25) is 0 Å². The van der Waals surface area contributed by atoms with E-state index in [0.29, 0.717) is 13.0 Å². The van der Waals surface area contributed by atoms with E-state index in [-0.39, 0.29) is 13.0 Å². The number of phosphoric acid groups is 1. The first-order chi connectivity index (χ1) is 29.0. The fourth-order valence-corrected chi connectivity index (χ4v) is 6.98. The van der Waals surface area contributed by atoms with Gasteiger partial charge in [0.2, 0.25) is 0 Å². The third kappa shape index (κ3) is 28.7. The quantitative estimate of drug-likeness (QED) is 0.0154. The standard InChI is InChI=1S/C47H77O12P/c1-3-5-7-9-11-13-15-17-18-19-20-21-22-23-25-27-29-31-33-35-37-56-38-40(39-57-60(54,55)59-47-45(52)43(50)42(49)44(51)46(47)53)58-41(48)36-34-32-30-28-26-24-16-14-12-10-8-6-4-2/h5-8,11-14,17-18,20-21,24,26,30,32,40,42-47,49-53H,3-4,9-10,15-16,19,22-23,25,27-29,31,33-39H2,1-2H3,(H,54,55)/b7-5-,8-6-,13-11-,14-12-,18-17-,21-20-,26-24-,32-30-. The van der Waals surface area contributed by atoms with E-state index in [1.165, 1.54) is 19.3 Å². The molecule has 342 valence electrons. The molecule has 0 radical (unpaired) electrons. The number of allylic oxidation sites excluding steroid dienone is 16. The van der Waals surface area contributed by atoms with Gasteiger partial charge in [0, 0.05) is 13.0 Å². The lowest BCUT2D eigenvalue weighted by atomic mass is 9.85. The van der Waals surface area contributed by atoms with E-state index >= 15 is 0 Å². The van der Waals surface area contributed by atoms with Crippen LogP contribution in [0.1, 0.15) is 129 Å². The number of unbranched alkanes of at least 4 members (excludes halogenated alkanes) is 7. The number of hydrogen-bond donors (Lipinski definition) is 6. The number of rotatable bonds is 35.